The van der Waals surface area contributed by atoms with Gasteiger partial charge in [-0.05, 0) is 53.0 Å². The molecule has 0 atom stereocenters. The number of hydrogen-bond donors (Lipinski definition) is 2. The second-order valence-corrected chi connectivity index (χ2v) is 5.24. The fourth-order valence-electron chi connectivity index (χ4n) is 1.55. The average molecular weight is 327 g/mol. The lowest BCUT2D eigenvalue weighted by Gasteiger charge is -2.13. The number of rotatable bonds is 2. The van der Waals surface area contributed by atoms with E-state index >= 15 is 0 Å². The van der Waals surface area contributed by atoms with Gasteiger partial charge < -0.3 is 11.1 Å². The van der Waals surface area contributed by atoms with E-state index in [0.717, 1.165) is 32.1 Å². The third-order valence-electron chi connectivity index (χ3n) is 2.82. The monoisotopic (exact) mass is 325 g/mol. The normalized spacial score (nSPS) is 10.4. The van der Waals surface area contributed by atoms with Crippen LogP contribution in [-0.4, -0.2) is 4.98 Å². The fraction of sp³-hybridized carbons (Fsp3) is 0.154. The number of anilines is 3. The van der Waals surface area contributed by atoms with E-state index in [1.807, 2.05) is 32.0 Å². The summed E-state index contributed by atoms with van der Waals surface area (Å²) in [5.74, 6) is 0.729. The number of aromatic nitrogens is 1. The molecule has 2 aromatic rings. The maximum atomic E-state index is 6.08. The molecule has 0 aliphatic carbocycles. The molecule has 0 bridgehead atoms. The summed E-state index contributed by atoms with van der Waals surface area (Å²) in [4.78, 5) is 4.28. The van der Waals surface area contributed by atoms with Crippen LogP contribution >= 0.6 is 27.5 Å². The van der Waals surface area contributed by atoms with Crippen molar-refractivity contribution in [2.75, 3.05) is 11.1 Å². The minimum Gasteiger partial charge on any atom is -0.397 e. The highest BCUT2D eigenvalue weighted by molar-refractivity contribution is 9.10. The van der Waals surface area contributed by atoms with Gasteiger partial charge in [0.2, 0.25) is 0 Å². The first-order chi connectivity index (χ1) is 8.50. The van der Waals surface area contributed by atoms with Crippen LogP contribution in [0.15, 0.2) is 28.9 Å². The summed E-state index contributed by atoms with van der Waals surface area (Å²) in [6.07, 6.45) is 1.64. The Labute approximate surface area is 119 Å². The van der Waals surface area contributed by atoms with Crippen molar-refractivity contribution in [3.05, 3.63) is 45.0 Å². The molecular formula is C13H13BrClN3. The van der Waals surface area contributed by atoms with Gasteiger partial charge in [0, 0.05) is 10.7 Å². The van der Waals surface area contributed by atoms with Gasteiger partial charge in [-0.25, -0.2) is 4.98 Å². The topological polar surface area (TPSA) is 50.9 Å². The molecule has 1 aromatic carbocycles. The lowest BCUT2D eigenvalue weighted by atomic mass is 10.2. The smallest absolute Gasteiger partial charge is 0.145 e. The molecule has 18 heavy (non-hydrogen) atoms. The number of pyridine rings is 1. The first-order valence-electron chi connectivity index (χ1n) is 5.43. The van der Waals surface area contributed by atoms with Crippen LogP contribution in [0.3, 0.4) is 0 Å². The Morgan fingerprint density at radius 1 is 1.28 bits per heavy atom. The quantitative estimate of drug-likeness (QED) is 0.857. The van der Waals surface area contributed by atoms with E-state index in [-0.39, 0.29) is 0 Å². The third-order valence-corrected chi connectivity index (χ3v) is 4.20. The SMILES string of the molecule is Cc1c(Cl)cccc1Nc1ncc(N)c(C)c1Br. The number of nitrogens with zero attached hydrogens (tertiary/aromatic N) is 1. The molecule has 1 heterocycles. The summed E-state index contributed by atoms with van der Waals surface area (Å²) >= 11 is 9.58. The summed E-state index contributed by atoms with van der Waals surface area (Å²) in [6.45, 7) is 3.90. The number of hydrogen-bond acceptors (Lipinski definition) is 3. The van der Waals surface area contributed by atoms with Gasteiger partial charge in [-0.1, -0.05) is 17.7 Å². The Bertz CT molecular complexity index is 599. The van der Waals surface area contributed by atoms with Crippen LogP contribution in [0.5, 0.6) is 0 Å². The van der Waals surface area contributed by atoms with Gasteiger partial charge in [0.1, 0.15) is 5.82 Å². The lowest BCUT2D eigenvalue weighted by molar-refractivity contribution is 1.25. The molecule has 0 spiro atoms. The van der Waals surface area contributed by atoms with Gasteiger partial charge in [0.15, 0.2) is 0 Å². The van der Waals surface area contributed by atoms with Crippen LogP contribution in [0, 0.1) is 13.8 Å². The Morgan fingerprint density at radius 3 is 2.72 bits per heavy atom. The molecule has 2 rings (SSSR count). The molecule has 0 amide bonds. The second kappa shape index (κ2) is 5.16. The van der Waals surface area contributed by atoms with Crippen molar-refractivity contribution in [3.63, 3.8) is 0 Å². The van der Waals surface area contributed by atoms with E-state index in [1.54, 1.807) is 6.20 Å². The van der Waals surface area contributed by atoms with Crippen molar-refractivity contribution in [2.45, 2.75) is 13.8 Å². The fourth-order valence-corrected chi connectivity index (χ4v) is 2.15. The highest BCUT2D eigenvalue weighted by Gasteiger charge is 2.09. The van der Waals surface area contributed by atoms with E-state index in [9.17, 15) is 0 Å². The maximum absolute atomic E-state index is 6.08. The number of nitrogens with two attached hydrogens (primary N) is 1. The zero-order valence-electron chi connectivity index (χ0n) is 10.1. The van der Waals surface area contributed by atoms with Crippen LogP contribution < -0.4 is 11.1 Å². The second-order valence-electron chi connectivity index (χ2n) is 4.04. The summed E-state index contributed by atoms with van der Waals surface area (Å²) in [5, 5.41) is 3.98. The van der Waals surface area contributed by atoms with Crippen molar-refractivity contribution >= 4 is 44.7 Å². The number of benzene rings is 1. The minimum atomic E-state index is 0.662. The Morgan fingerprint density at radius 2 is 2.00 bits per heavy atom. The summed E-state index contributed by atoms with van der Waals surface area (Å²) < 4.78 is 0.863. The summed E-state index contributed by atoms with van der Waals surface area (Å²) in [5.41, 5.74) is 9.34. The predicted molar refractivity (Wildman–Crippen MR) is 80.6 cm³/mol. The molecule has 0 radical (unpaired) electrons. The van der Waals surface area contributed by atoms with Gasteiger partial charge in [-0.15, -0.1) is 0 Å². The van der Waals surface area contributed by atoms with Gasteiger partial charge in [-0.3, -0.25) is 0 Å². The van der Waals surface area contributed by atoms with Crippen molar-refractivity contribution in [2.24, 2.45) is 0 Å². The molecule has 0 aliphatic heterocycles. The summed E-state index contributed by atoms with van der Waals surface area (Å²) in [7, 11) is 0. The standard InChI is InChI=1S/C13H13BrClN3/c1-7-9(15)4-3-5-11(7)18-13-12(14)8(2)10(16)6-17-13/h3-6H,16H2,1-2H3,(H,17,18). The minimum absolute atomic E-state index is 0.662. The van der Waals surface area contributed by atoms with E-state index in [1.165, 1.54) is 0 Å². The lowest BCUT2D eigenvalue weighted by Crippen LogP contribution is -2.00. The molecular weight excluding hydrogens is 314 g/mol. The van der Waals surface area contributed by atoms with Crippen LogP contribution in [-0.2, 0) is 0 Å². The highest BCUT2D eigenvalue weighted by Crippen LogP contribution is 2.32. The molecule has 0 saturated carbocycles. The molecule has 3 N–H and O–H groups in total. The summed E-state index contributed by atoms with van der Waals surface area (Å²) in [6, 6.07) is 5.72. The van der Waals surface area contributed by atoms with Gasteiger partial charge in [0.25, 0.3) is 0 Å². The average Bonchev–Trinajstić information content (AvgIpc) is 2.35. The third kappa shape index (κ3) is 2.44. The maximum Gasteiger partial charge on any atom is 0.145 e. The van der Waals surface area contributed by atoms with Crippen LogP contribution in [0.2, 0.25) is 5.02 Å². The molecule has 0 saturated heterocycles. The molecule has 1 aromatic heterocycles. The van der Waals surface area contributed by atoms with Gasteiger partial charge >= 0.3 is 0 Å². The van der Waals surface area contributed by atoms with E-state index in [0.29, 0.717) is 5.69 Å². The van der Waals surface area contributed by atoms with E-state index in [4.69, 9.17) is 17.3 Å². The zero-order chi connectivity index (χ0) is 13.3. The highest BCUT2D eigenvalue weighted by atomic mass is 79.9. The van der Waals surface area contributed by atoms with Crippen molar-refractivity contribution in [1.82, 2.24) is 4.98 Å². The molecule has 5 heteroatoms. The van der Waals surface area contributed by atoms with E-state index in [2.05, 4.69) is 26.2 Å². The first kappa shape index (κ1) is 13.2. The Kier molecular flexibility index (Phi) is 3.78. The Balaban J connectivity index is 2.41. The molecule has 0 fully saturated rings. The van der Waals surface area contributed by atoms with Crippen LogP contribution in [0.4, 0.5) is 17.2 Å². The van der Waals surface area contributed by atoms with Crippen LogP contribution in [0.25, 0.3) is 0 Å². The van der Waals surface area contributed by atoms with E-state index < -0.39 is 0 Å². The molecule has 0 unspecified atom stereocenters. The number of nitrogens with one attached hydrogen (secondary N) is 1. The van der Waals surface area contributed by atoms with Gasteiger partial charge in [0.05, 0.1) is 16.4 Å². The molecule has 0 aliphatic rings. The Hall–Kier alpha value is -1.26. The number of halogens is 2. The molecule has 3 nitrogen and oxygen atoms in total. The largest absolute Gasteiger partial charge is 0.397 e. The zero-order valence-corrected chi connectivity index (χ0v) is 12.4. The van der Waals surface area contributed by atoms with Crippen molar-refractivity contribution in [1.29, 1.82) is 0 Å². The molecule has 94 valence electrons. The van der Waals surface area contributed by atoms with Gasteiger partial charge in [-0.2, -0.15) is 0 Å². The first-order valence-corrected chi connectivity index (χ1v) is 6.60. The van der Waals surface area contributed by atoms with Crippen molar-refractivity contribution in [3.8, 4) is 0 Å². The van der Waals surface area contributed by atoms with Crippen molar-refractivity contribution < 1.29 is 0 Å². The number of nitrogen functional groups attached to an aromatic ring is 1. The predicted octanol–water partition coefficient (Wildman–Crippen LogP) is 4.44. The van der Waals surface area contributed by atoms with Crippen LogP contribution in [0.1, 0.15) is 11.1 Å².